The van der Waals surface area contributed by atoms with Gasteiger partial charge in [-0.2, -0.15) is 0 Å². The summed E-state index contributed by atoms with van der Waals surface area (Å²) in [5, 5.41) is 0. The van der Waals surface area contributed by atoms with Gasteiger partial charge in [0.25, 0.3) is 0 Å². The number of rotatable bonds is 0. The van der Waals surface area contributed by atoms with Crippen molar-refractivity contribution in [2.75, 3.05) is 0 Å². The summed E-state index contributed by atoms with van der Waals surface area (Å²) in [6.45, 7) is 2.06. The lowest BCUT2D eigenvalue weighted by Crippen LogP contribution is -1.74. The molecular weight excluding hydrogens is 205 g/mol. The molecule has 0 spiro atoms. The highest BCUT2D eigenvalue weighted by Gasteiger charge is 1.84. The van der Waals surface area contributed by atoms with Gasteiger partial charge in [-0.05, 0) is 43.0 Å². The highest BCUT2D eigenvalue weighted by atomic mass is 14.0. The molecule has 0 aliphatic heterocycles. The maximum absolute atomic E-state index is 3.02. The van der Waals surface area contributed by atoms with Crippen molar-refractivity contribution >= 4 is 0 Å². The SMILES string of the molecule is Cc1ccc(C#C[13C]#Cc2ccccc2)cc1. The minimum atomic E-state index is 0.991. The molecule has 17 heavy (non-hydrogen) atoms. The second kappa shape index (κ2) is 5.59. The second-order valence-corrected chi connectivity index (χ2v) is 3.73. The molecule has 0 radical (unpaired) electrons. The summed E-state index contributed by atoms with van der Waals surface area (Å²) in [6.07, 6.45) is 0. The molecule has 0 heterocycles. The largest absolute Gasteiger partial charge is 0.0622 e. The first-order valence-corrected chi connectivity index (χ1v) is 5.48. The Balaban J connectivity index is 2.09. The molecule has 0 atom stereocenters. The van der Waals surface area contributed by atoms with Crippen LogP contribution in [0.1, 0.15) is 16.7 Å². The molecule has 0 unspecified atom stereocenters. The van der Waals surface area contributed by atoms with Crippen molar-refractivity contribution < 1.29 is 0 Å². The lowest BCUT2D eigenvalue weighted by Gasteiger charge is -1.90. The molecule has 0 amide bonds. The summed E-state index contributed by atoms with van der Waals surface area (Å²) in [7, 11) is 0. The van der Waals surface area contributed by atoms with E-state index in [4.69, 9.17) is 0 Å². The van der Waals surface area contributed by atoms with E-state index in [2.05, 4.69) is 42.7 Å². The lowest BCUT2D eigenvalue weighted by atomic mass is 10.2. The molecule has 2 aromatic carbocycles. The lowest BCUT2D eigenvalue weighted by molar-refractivity contribution is 1.46. The summed E-state index contributed by atoms with van der Waals surface area (Å²) in [4.78, 5) is 0. The van der Waals surface area contributed by atoms with Crippen molar-refractivity contribution in [3.63, 3.8) is 0 Å². The van der Waals surface area contributed by atoms with Crippen molar-refractivity contribution in [2.24, 2.45) is 0 Å². The Morgan fingerprint density at radius 3 is 1.76 bits per heavy atom. The summed E-state index contributed by atoms with van der Waals surface area (Å²) in [6, 6.07) is 18.0. The van der Waals surface area contributed by atoms with Crippen LogP contribution in [-0.4, -0.2) is 0 Å². The first kappa shape index (κ1) is 11.1. The monoisotopic (exact) mass is 217 g/mol. The highest BCUT2D eigenvalue weighted by molar-refractivity contribution is 5.44. The van der Waals surface area contributed by atoms with Crippen molar-refractivity contribution in [2.45, 2.75) is 6.92 Å². The average Bonchev–Trinajstić information content (AvgIpc) is 2.38. The zero-order chi connectivity index (χ0) is 11.9. The van der Waals surface area contributed by atoms with E-state index < -0.39 is 0 Å². The van der Waals surface area contributed by atoms with E-state index in [1.54, 1.807) is 0 Å². The van der Waals surface area contributed by atoms with Crippen LogP contribution in [0, 0.1) is 30.6 Å². The van der Waals surface area contributed by atoms with Crippen LogP contribution >= 0.6 is 0 Å². The van der Waals surface area contributed by atoms with Gasteiger partial charge in [-0.3, -0.25) is 0 Å². The van der Waals surface area contributed by atoms with Gasteiger partial charge >= 0.3 is 0 Å². The van der Waals surface area contributed by atoms with E-state index in [1.807, 2.05) is 42.5 Å². The van der Waals surface area contributed by atoms with Gasteiger partial charge in [-0.15, -0.1) is 0 Å². The van der Waals surface area contributed by atoms with E-state index in [0.29, 0.717) is 0 Å². The van der Waals surface area contributed by atoms with Crippen molar-refractivity contribution in [1.29, 1.82) is 0 Å². The van der Waals surface area contributed by atoms with Gasteiger partial charge in [0.05, 0.1) is 0 Å². The summed E-state index contributed by atoms with van der Waals surface area (Å²) in [5.74, 6) is 11.7. The molecule has 0 aromatic heterocycles. The molecule has 0 aliphatic carbocycles. The van der Waals surface area contributed by atoms with Crippen LogP contribution in [0.2, 0.25) is 0 Å². The molecule has 0 fully saturated rings. The van der Waals surface area contributed by atoms with Crippen LogP contribution in [0.25, 0.3) is 0 Å². The molecule has 0 saturated carbocycles. The summed E-state index contributed by atoms with van der Waals surface area (Å²) < 4.78 is 0. The van der Waals surface area contributed by atoms with Gasteiger partial charge < -0.3 is 0 Å². The molecule has 0 nitrogen and oxygen atoms in total. The maximum Gasteiger partial charge on any atom is 0.0255 e. The van der Waals surface area contributed by atoms with Crippen LogP contribution in [0.4, 0.5) is 0 Å². The molecule has 0 aliphatic rings. The Labute approximate surface area is 102 Å². The van der Waals surface area contributed by atoms with E-state index in [9.17, 15) is 0 Å². The molecule has 0 heteroatoms. The van der Waals surface area contributed by atoms with Gasteiger partial charge in [0, 0.05) is 11.1 Å². The van der Waals surface area contributed by atoms with E-state index in [1.165, 1.54) is 5.56 Å². The van der Waals surface area contributed by atoms with Crippen LogP contribution < -0.4 is 0 Å². The van der Waals surface area contributed by atoms with Gasteiger partial charge in [0.15, 0.2) is 0 Å². The van der Waals surface area contributed by atoms with Crippen molar-refractivity contribution in [3.8, 4) is 23.7 Å². The Morgan fingerprint density at radius 1 is 0.647 bits per heavy atom. The Hall–Kier alpha value is -2.44. The van der Waals surface area contributed by atoms with Crippen molar-refractivity contribution in [1.82, 2.24) is 0 Å². The number of hydrogen-bond acceptors (Lipinski definition) is 0. The van der Waals surface area contributed by atoms with Gasteiger partial charge in [-0.1, -0.05) is 47.7 Å². The van der Waals surface area contributed by atoms with Gasteiger partial charge in [0.2, 0.25) is 0 Å². The van der Waals surface area contributed by atoms with Crippen molar-refractivity contribution in [3.05, 3.63) is 71.3 Å². The topological polar surface area (TPSA) is 0 Å². The highest BCUT2D eigenvalue weighted by Crippen LogP contribution is 2.00. The molecule has 80 valence electrons. The Bertz CT molecular complexity index is 596. The minimum absolute atomic E-state index is 0.991. The van der Waals surface area contributed by atoms with Gasteiger partial charge in [-0.25, -0.2) is 0 Å². The summed E-state index contributed by atoms with van der Waals surface area (Å²) >= 11 is 0. The predicted octanol–water partition coefficient (Wildman–Crippen LogP) is 3.40. The molecule has 2 rings (SSSR count). The third-order valence-electron chi connectivity index (χ3n) is 2.30. The average molecular weight is 217 g/mol. The van der Waals surface area contributed by atoms with Crippen LogP contribution in [0.5, 0.6) is 0 Å². The Morgan fingerprint density at radius 2 is 1.18 bits per heavy atom. The van der Waals surface area contributed by atoms with Crippen LogP contribution in [0.3, 0.4) is 0 Å². The predicted molar refractivity (Wildman–Crippen MR) is 71.4 cm³/mol. The molecule has 2 aromatic rings. The van der Waals surface area contributed by atoms with E-state index in [-0.39, 0.29) is 0 Å². The third kappa shape index (κ3) is 3.56. The molecule has 0 saturated heterocycles. The summed E-state index contributed by atoms with van der Waals surface area (Å²) in [5.41, 5.74) is 3.23. The zero-order valence-electron chi connectivity index (χ0n) is 9.70. The Kier molecular flexibility index (Phi) is 3.64. The number of benzene rings is 2. The maximum atomic E-state index is 3.02. The fourth-order valence-corrected chi connectivity index (χ4v) is 1.37. The number of aryl methyl sites for hydroxylation is 1. The molecule has 0 bridgehead atoms. The van der Waals surface area contributed by atoms with Gasteiger partial charge in [0.1, 0.15) is 0 Å². The second-order valence-electron chi connectivity index (χ2n) is 3.73. The smallest absolute Gasteiger partial charge is 0.0255 e. The van der Waals surface area contributed by atoms with E-state index >= 15 is 0 Å². The van der Waals surface area contributed by atoms with Crippen LogP contribution in [-0.2, 0) is 0 Å². The minimum Gasteiger partial charge on any atom is -0.0622 e. The zero-order valence-corrected chi connectivity index (χ0v) is 9.70. The quantitative estimate of drug-likeness (QED) is 0.468. The fraction of sp³-hybridized carbons (Fsp3) is 0.0588. The first-order chi connectivity index (χ1) is 8.34. The molecule has 0 N–H and O–H groups in total. The van der Waals surface area contributed by atoms with Crippen LogP contribution in [0.15, 0.2) is 54.6 Å². The number of hydrogen-bond donors (Lipinski definition) is 0. The fourth-order valence-electron chi connectivity index (χ4n) is 1.37. The third-order valence-corrected chi connectivity index (χ3v) is 2.30. The standard InChI is InChI=1S/C17H12/c1-15-11-13-17(14-12-15)10-6-5-9-16-7-3-2-4-8-16/h2-4,7-8,11-14H,1H3/i5+1. The molecular formula is C17H12. The van der Waals surface area contributed by atoms with E-state index in [0.717, 1.165) is 11.1 Å². The normalized spacial score (nSPS) is 8.53. The first-order valence-electron chi connectivity index (χ1n) is 5.48.